The summed E-state index contributed by atoms with van der Waals surface area (Å²) in [6.45, 7) is 0. The van der Waals surface area contributed by atoms with Gasteiger partial charge < -0.3 is 4.74 Å². The monoisotopic (exact) mass is 367 g/mol. The van der Waals surface area contributed by atoms with Crippen LogP contribution >= 0.6 is 22.6 Å². The fourth-order valence-electron chi connectivity index (χ4n) is 0.948. The molecule has 0 N–H and O–H groups in total. The van der Waals surface area contributed by atoms with Crippen molar-refractivity contribution in [3.05, 3.63) is 21.0 Å². The van der Waals surface area contributed by atoms with Crippen molar-refractivity contribution in [3.8, 4) is 5.75 Å². The molecule has 0 amide bonds. The summed E-state index contributed by atoms with van der Waals surface area (Å²) >= 11 is 1.25. The first-order valence-electron chi connectivity index (χ1n) is 3.94. The van der Waals surface area contributed by atoms with Gasteiger partial charge in [-0.15, -0.1) is 13.2 Å². The summed E-state index contributed by atoms with van der Waals surface area (Å²) in [5, 5.41) is 0. The minimum atomic E-state index is -5.03. The maximum absolute atomic E-state index is 12.4. The Morgan fingerprint density at radius 1 is 1.41 bits per heavy atom. The van der Waals surface area contributed by atoms with Crippen molar-refractivity contribution < 1.29 is 31.5 Å². The van der Waals surface area contributed by atoms with Crippen molar-refractivity contribution in [2.24, 2.45) is 0 Å². The SMILES string of the molecule is O=Cc1cc(OC(F)(F)F)c(I)c(C(F)F)n1. The molecule has 0 aliphatic heterocycles. The zero-order chi connectivity index (χ0) is 13.2. The molecule has 1 aromatic rings. The Hall–Kier alpha value is -1.00. The Morgan fingerprint density at radius 3 is 2.41 bits per heavy atom. The molecule has 0 saturated heterocycles. The maximum atomic E-state index is 12.4. The lowest BCUT2D eigenvalue weighted by Gasteiger charge is -2.13. The molecule has 1 rings (SSSR count). The molecule has 0 aliphatic carbocycles. The number of carbonyl (C=O) groups excluding carboxylic acids is 1. The van der Waals surface area contributed by atoms with Crippen molar-refractivity contribution in [2.75, 3.05) is 0 Å². The lowest BCUT2D eigenvalue weighted by Crippen LogP contribution is -2.19. The van der Waals surface area contributed by atoms with Gasteiger partial charge in [0, 0.05) is 6.07 Å². The number of hydrogen-bond donors (Lipinski definition) is 0. The number of aldehydes is 1. The molecular weight excluding hydrogens is 364 g/mol. The molecule has 0 atom stereocenters. The standard InChI is InChI=1S/C8H3F5INO2/c9-7(10)6-5(14)4(17-8(11,12)13)1-3(2-16)15-6/h1-2,7H. The number of halogens is 6. The number of alkyl halides is 5. The summed E-state index contributed by atoms with van der Waals surface area (Å²) in [4.78, 5) is 13.6. The van der Waals surface area contributed by atoms with E-state index in [1.54, 1.807) is 0 Å². The molecule has 0 saturated carbocycles. The highest BCUT2D eigenvalue weighted by Gasteiger charge is 2.33. The summed E-state index contributed by atoms with van der Waals surface area (Å²) in [6, 6.07) is 0.647. The van der Waals surface area contributed by atoms with Crippen LogP contribution in [0.25, 0.3) is 0 Å². The second-order valence-corrected chi connectivity index (χ2v) is 3.79. The van der Waals surface area contributed by atoms with Crippen molar-refractivity contribution >= 4 is 28.9 Å². The fourth-order valence-corrected chi connectivity index (χ4v) is 1.57. The molecule has 94 valence electrons. The van der Waals surface area contributed by atoms with Gasteiger partial charge in [0.25, 0.3) is 6.43 Å². The molecule has 0 aromatic carbocycles. The third-order valence-electron chi connectivity index (χ3n) is 1.52. The van der Waals surface area contributed by atoms with Crippen molar-refractivity contribution in [1.29, 1.82) is 0 Å². The topological polar surface area (TPSA) is 39.2 Å². The molecule has 1 aromatic heterocycles. The van der Waals surface area contributed by atoms with Gasteiger partial charge in [-0.2, -0.15) is 0 Å². The summed E-state index contributed by atoms with van der Waals surface area (Å²) < 4.78 is 63.8. The zero-order valence-electron chi connectivity index (χ0n) is 7.76. The van der Waals surface area contributed by atoms with E-state index in [-0.39, 0.29) is 6.29 Å². The summed E-state index contributed by atoms with van der Waals surface area (Å²) in [6.07, 6.45) is -8.07. The van der Waals surface area contributed by atoms with Gasteiger partial charge >= 0.3 is 6.36 Å². The quantitative estimate of drug-likeness (QED) is 0.468. The third kappa shape index (κ3) is 3.75. The van der Waals surface area contributed by atoms with Gasteiger partial charge in [-0.1, -0.05) is 0 Å². The van der Waals surface area contributed by atoms with Crippen molar-refractivity contribution in [3.63, 3.8) is 0 Å². The summed E-state index contributed by atoms with van der Waals surface area (Å²) in [5.74, 6) is -0.870. The van der Waals surface area contributed by atoms with Gasteiger partial charge in [-0.25, -0.2) is 13.8 Å². The molecule has 0 unspecified atom stereocenters. The van der Waals surface area contributed by atoms with E-state index in [9.17, 15) is 26.7 Å². The van der Waals surface area contributed by atoms with Gasteiger partial charge in [0.1, 0.15) is 17.1 Å². The van der Waals surface area contributed by atoms with E-state index >= 15 is 0 Å². The van der Waals surface area contributed by atoms with E-state index in [0.717, 1.165) is 0 Å². The van der Waals surface area contributed by atoms with E-state index in [4.69, 9.17) is 0 Å². The first-order chi connectivity index (χ1) is 7.74. The van der Waals surface area contributed by atoms with E-state index < -0.39 is 33.5 Å². The van der Waals surface area contributed by atoms with Gasteiger partial charge in [0.15, 0.2) is 6.29 Å². The van der Waals surface area contributed by atoms with Crippen LogP contribution in [0.2, 0.25) is 0 Å². The summed E-state index contributed by atoms with van der Waals surface area (Å²) in [5.41, 5.74) is -1.48. The molecule has 9 heteroatoms. The molecule has 1 heterocycles. The molecular formula is C8H3F5INO2. The number of rotatable bonds is 3. The molecule has 3 nitrogen and oxygen atoms in total. The van der Waals surface area contributed by atoms with Crippen LogP contribution in [-0.2, 0) is 0 Å². The number of nitrogens with zero attached hydrogens (tertiary/aromatic N) is 1. The van der Waals surface area contributed by atoms with Crippen LogP contribution < -0.4 is 4.74 Å². The van der Waals surface area contributed by atoms with Gasteiger partial charge in [0.2, 0.25) is 0 Å². The molecule has 0 aliphatic rings. The second kappa shape index (κ2) is 5.10. The van der Waals surface area contributed by atoms with E-state index in [2.05, 4.69) is 9.72 Å². The highest BCUT2D eigenvalue weighted by Crippen LogP contribution is 2.33. The molecule has 0 bridgehead atoms. The average molecular weight is 367 g/mol. The molecule has 17 heavy (non-hydrogen) atoms. The van der Waals surface area contributed by atoms with Crippen LogP contribution in [0.3, 0.4) is 0 Å². The Labute approximate surface area is 105 Å². The van der Waals surface area contributed by atoms with E-state index in [0.29, 0.717) is 6.07 Å². The first-order valence-corrected chi connectivity index (χ1v) is 5.02. The normalized spacial score (nSPS) is 11.7. The zero-order valence-corrected chi connectivity index (χ0v) is 9.92. The van der Waals surface area contributed by atoms with Gasteiger partial charge in [-0.05, 0) is 22.6 Å². The number of ether oxygens (including phenoxy) is 1. The van der Waals surface area contributed by atoms with Crippen LogP contribution in [0.15, 0.2) is 6.07 Å². The largest absolute Gasteiger partial charge is 0.573 e. The van der Waals surface area contributed by atoms with Crippen LogP contribution in [0.4, 0.5) is 22.0 Å². The minimum Gasteiger partial charge on any atom is -0.404 e. The highest BCUT2D eigenvalue weighted by atomic mass is 127. The lowest BCUT2D eigenvalue weighted by atomic mass is 10.3. The van der Waals surface area contributed by atoms with E-state index in [1.165, 1.54) is 22.6 Å². The molecule has 0 radical (unpaired) electrons. The third-order valence-corrected chi connectivity index (χ3v) is 2.61. The highest BCUT2D eigenvalue weighted by molar-refractivity contribution is 14.1. The van der Waals surface area contributed by atoms with Gasteiger partial charge in [0.05, 0.1) is 3.57 Å². The predicted octanol–water partition coefficient (Wildman–Crippen LogP) is 3.33. The van der Waals surface area contributed by atoms with Crippen molar-refractivity contribution in [2.45, 2.75) is 12.8 Å². The Balaban J connectivity index is 3.29. The number of pyridine rings is 1. The molecule has 0 fully saturated rings. The maximum Gasteiger partial charge on any atom is 0.573 e. The fraction of sp³-hybridized carbons (Fsp3) is 0.250. The predicted molar refractivity (Wildman–Crippen MR) is 54.0 cm³/mol. The number of hydrogen-bond acceptors (Lipinski definition) is 3. The minimum absolute atomic E-state index is 0.0607. The smallest absolute Gasteiger partial charge is 0.404 e. The average Bonchev–Trinajstić information content (AvgIpc) is 2.18. The van der Waals surface area contributed by atoms with E-state index in [1.807, 2.05) is 0 Å². The van der Waals surface area contributed by atoms with Crippen LogP contribution in [0.5, 0.6) is 5.75 Å². The Bertz CT molecular complexity index is 435. The van der Waals surface area contributed by atoms with Crippen molar-refractivity contribution in [1.82, 2.24) is 4.98 Å². The molecule has 0 spiro atoms. The first kappa shape index (κ1) is 14.1. The number of aromatic nitrogens is 1. The van der Waals surface area contributed by atoms with Crippen LogP contribution in [0, 0.1) is 3.57 Å². The Morgan fingerprint density at radius 2 is 2.00 bits per heavy atom. The van der Waals surface area contributed by atoms with Crippen LogP contribution in [0.1, 0.15) is 22.6 Å². The second-order valence-electron chi connectivity index (χ2n) is 2.71. The lowest BCUT2D eigenvalue weighted by molar-refractivity contribution is -0.275. The summed E-state index contributed by atoms with van der Waals surface area (Å²) in [7, 11) is 0. The Kier molecular flexibility index (Phi) is 4.22. The number of carbonyl (C=O) groups is 1. The van der Waals surface area contributed by atoms with Gasteiger partial charge in [-0.3, -0.25) is 4.79 Å². The van der Waals surface area contributed by atoms with Crippen LogP contribution in [-0.4, -0.2) is 17.6 Å².